The third-order valence-electron chi connectivity index (χ3n) is 6.37. The van der Waals surface area contributed by atoms with Gasteiger partial charge in [-0.15, -0.1) is 0 Å². The monoisotopic (exact) mass is 391 g/mol. The Balaban J connectivity index is 1.59. The van der Waals surface area contributed by atoms with Crippen LogP contribution in [0.5, 0.6) is 11.5 Å². The van der Waals surface area contributed by atoms with Gasteiger partial charge in [-0.05, 0) is 40.8 Å². The number of hydrogen-bond donors (Lipinski definition) is 0. The fraction of sp³-hybridized carbons (Fsp3) is 0.375. The molecule has 0 aromatic heterocycles. The molecule has 29 heavy (non-hydrogen) atoms. The van der Waals surface area contributed by atoms with E-state index in [1.807, 2.05) is 6.07 Å². The van der Waals surface area contributed by atoms with Crippen LogP contribution in [0.4, 0.5) is 0 Å². The van der Waals surface area contributed by atoms with E-state index in [4.69, 9.17) is 14.2 Å². The van der Waals surface area contributed by atoms with Crippen LogP contribution in [0, 0.1) is 5.92 Å². The number of ether oxygens (including phenoxy) is 3. The molecular weight excluding hydrogens is 366 g/mol. The molecule has 0 bridgehead atoms. The van der Waals surface area contributed by atoms with Crippen LogP contribution in [0.1, 0.15) is 29.2 Å². The average Bonchev–Trinajstić information content (AvgIpc) is 3.13. The van der Waals surface area contributed by atoms with Crippen molar-refractivity contribution in [3.63, 3.8) is 0 Å². The second kappa shape index (κ2) is 7.23. The van der Waals surface area contributed by atoms with E-state index >= 15 is 0 Å². The molecule has 0 radical (unpaired) electrons. The maximum atomic E-state index is 12.1. The van der Waals surface area contributed by atoms with Gasteiger partial charge in [0.25, 0.3) is 0 Å². The smallest absolute Gasteiger partial charge is 0.306 e. The van der Waals surface area contributed by atoms with E-state index in [1.165, 1.54) is 22.3 Å². The van der Waals surface area contributed by atoms with E-state index in [1.54, 1.807) is 14.2 Å². The first-order chi connectivity index (χ1) is 14.2. The number of allylic oxidation sites excluding steroid dienone is 1. The van der Waals surface area contributed by atoms with E-state index in [2.05, 4.69) is 47.4 Å². The van der Waals surface area contributed by atoms with Crippen LogP contribution in [-0.2, 0) is 22.5 Å². The van der Waals surface area contributed by atoms with Crippen molar-refractivity contribution in [2.75, 3.05) is 20.8 Å². The molecule has 0 unspecified atom stereocenters. The lowest BCUT2D eigenvalue weighted by Gasteiger charge is -2.45. The van der Waals surface area contributed by atoms with Gasteiger partial charge in [0.15, 0.2) is 11.5 Å². The molecule has 2 aliphatic heterocycles. The molecule has 2 aromatic carbocycles. The molecule has 1 aliphatic carbocycles. The zero-order valence-corrected chi connectivity index (χ0v) is 16.8. The summed E-state index contributed by atoms with van der Waals surface area (Å²) in [7, 11) is 3.34. The van der Waals surface area contributed by atoms with Gasteiger partial charge in [0.2, 0.25) is 0 Å². The highest BCUT2D eigenvalue weighted by molar-refractivity contribution is 5.73. The largest absolute Gasteiger partial charge is 0.493 e. The Kier molecular flexibility index (Phi) is 4.55. The lowest BCUT2D eigenvalue weighted by atomic mass is 9.74. The minimum absolute atomic E-state index is 0.0598. The van der Waals surface area contributed by atoms with Gasteiger partial charge in [-0.2, -0.15) is 0 Å². The topological polar surface area (TPSA) is 48.0 Å². The van der Waals surface area contributed by atoms with Gasteiger partial charge in [0.1, 0.15) is 6.10 Å². The minimum atomic E-state index is -0.0840. The third kappa shape index (κ3) is 3.10. The highest BCUT2D eigenvalue weighted by Gasteiger charge is 2.48. The molecule has 0 amide bonds. The summed E-state index contributed by atoms with van der Waals surface area (Å²) in [6, 6.07) is 14.8. The Morgan fingerprint density at radius 2 is 1.86 bits per heavy atom. The van der Waals surface area contributed by atoms with E-state index in [9.17, 15) is 4.79 Å². The lowest BCUT2D eigenvalue weighted by Crippen LogP contribution is -2.46. The van der Waals surface area contributed by atoms with Gasteiger partial charge in [-0.3, -0.25) is 9.69 Å². The summed E-state index contributed by atoms with van der Waals surface area (Å²) in [5, 5.41) is 0. The molecule has 0 spiro atoms. The van der Waals surface area contributed by atoms with Crippen LogP contribution in [-0.4, -0.2) is 37.7 Å². The molecule has 3 aliphatic rings. The van der Waals surface area contributed by atoms with Crippen molar-refractivity contribution in [1.29, 1.82) is 0 Å². The highest BCUT2D eigenvalue weighted by atomic mass is 16.6. The Labute approximate surface area is 170 Å². The molecule has 2 heterocycles. The number of hydrogen-bond acceptors (Lipinski definition) is 5. The van der Waals surface area contributed by atoms with Crippen LogP contribution < -0.4 is 9.47 Å². The summed E-state index contributed by atoms with van der Waals surface area (Å²) in [4.78, 5) is 14.5. The van der Waals surface area contributed by atoms with Crippen LogP contribution in [0.2, 0.25) is 0 Å². The normalized spacial score (nSPS) is 25.4. The van der Waals surface area contributed by atoms with Crippen molar-refractivity contribution >= 4 is 5.97 Å². The van der Waals surface area contributed by atoms with Crippen molar-refractivity contribution < 1.29 is 19.0 Å². The molecule has 3 atom stereocenters. The maximum absolute atomic E-state index is 12.1. The predicted molar refractivity (Wildman–Crippen MR) is 109 cm³/mol. The maximum Gasteiger partial charge on any atom is 0.306 e. The Bertz CT molecular complexity index is 968. The number of carbonyl (C=O) groups excluding carboxylic acids is 1. The summed E-state index contributed by atoms with van der Waals surface area (Å²) in [6.07, 6.45) is 3.55. The molecule has 5 heteroatoms. The highest BCUT2D eigenvalue weighted by Crippen LogP contribution is 2.49. The number of benzene rings is 2. The van der Waals surface area contributed by atoms with Crippen molar-refractivity contribution in [2.45, 2.75) is 31.5 Å². The van der Waals surface area contributed by atoms with Crippen LogP contribution >= 0.6 is 0 Å². The molecule has 0 saturated carbocycles. The average molecular weight is 391 g/mol. The number of nitrogens with zero attached hydrogens (tertiary/aromatic N) is 1. The van der Waals surface area contributed by atoms with Gasteiger partial charge < -0.3 is 14.2 Å². The van der Waals surface area contributed by atoms with E-state index in [0.717, 1.165) is 31.0 Å². The van der Waals surface area contributed by atoms with Gasteiger partial charge >= 0.3 is 5.97 Å². The Hall–Kier alpha value is -2.79. The lowest BCUT2D eigenvalue weighted by molar-refractivity contribution is -0.142. The number of fused-ring (bicyclic) bond motifs is 5. The van der Waals surface area contributed by atoms with Gasteiger partial charge in [0.05, 0.1) is 26.7 Å². The summed E-state index contributed by atoms with van der Waals surface area (Å²) in [6.45, 7) is 1.54. The summed E-state index contributed by atoms with van der Waals surface area (Å²) in [5.41, 5.74) is 5.05. The number of rotatable bonds is 4. The summed E-state index contributed by atoms with van der Waals surface area (Å²) in [5.74, 6) is 1.58. The summed E-state index contributed by atoms with van der Waals surface area (Å²) < 4.78 is 16.8. The third-order valence-corrected chi connectivity index (χ3v) is 6.37. The number of piperidine rings is 1. The quantitative estimate of drug-likeness (QED) is 0.588. The molecule has 150 valence electrons. The van der Waals surface area contributed by atoms with Crippen molar-refractivity contribution in [3.05, 3.63) is 70.8 Å². The van der Waals surface area contributed by atoms with Crippen LogP contribution in [0.15, 0.2) is 54.1 Å². The number of esters is 1. The van der Waals surface area contributed by atoms with Crippen molar-refractivity contribution in [2.24, 2.45) is 5.92 Å². The minimum Gasteiger partial charge on any atom is -0.493 e. The molecule has 2 fully saturated rings. The van der Waals surface area contributed by atoms with Gasteiger partial charge in [-0.1, -0.05) is 36.4 Å². The molecule has 5 nitrogen and oxygen atoms in total. The zero-order chi connectivity index (χ0) is 20.0. The number of methoxy groups -OCH3 is 2. The molecule has 2 aromatic rings. The fourth-order valence-corrected chi connectivity index (χ4v) is 5.07. The second-order valence-corrected chi connectivity index (χ2v) is 7.97. The molecule has 2 saturated heterocycles. The Morgan fingerprint density at radius 3 is 2.62 bits per heavy atom. The fourth-order valence-electron chi connectivity index (χ4n) is 5.07. The predicted octanol–water partition coefficient (Wildman–Crippen LogP) is 3.67. The second-order valence-electron chi connectivity index (χ2n) is 7.97. The standard InChI is InChI=1S/C24H25NO4/c1-27-20-10-16-8-9-17-19-12-23(26)29-22(19)14-25(13-15-6-4-3-5-7-15)24(17)18(16)11-21(20)28-2/h3-7,9-11,19,22,24H,8,12-14H2,1-2H3/t19-,22+,24+/m0/s1. The van der Waals surface area contributed by atoms with Crippen LogP contribution in [0.3, 0.4) is 0 Å². The first-order valence-corrected chi connectivity index (χ1v) is 10.1. The van der Waals surface area contributed by atoms with E-state index in [-0.39, 0.29) is 24.0 Å². The number of likely N-dealkylation sites (tertiary alicyclic amines) is 1. The first kappa shape index (κ1) is 18.3. The van der Waals surface area contributed by atoms with Crippen LogP contribution in [0.25, 0.3) is 0 Å². The first-order valence-electron chi connectivity index (χ1n) is 10.1. The SMILES string of the molecule is COc1cc2c(cc1OC)[C@H]1C(=CC2)[C@@H]2CC(=O)O[C@@H]2CN1Cc1ccccc1. The van der Waals surface area contributed by atoms with Crippen molar-refractivity contribution in [1.82, 2.24) is 4.90 Å². The van der Waals surface area contributed by atoms with Crippen molar-refractivity contribution in [3.8, 4) is 11.5 Å². The van der Waals surface area contributed by atoms with E-state index < -0.39 is 0 Å². The summed E-state index contributed by atoms with van der Waals surface area (Å²) >= 11 is 0. The van der Waals surface area contributed by atoms with E-state index in [0.29, 0.717) is 6.42 Å². The molecule has 0 N–H and O–H groups in total. The zero-order valence-electron chi connectivity index (χ0n) is 16.8. The van der Waals surface area contributed by atoms with Gasteiger partial charge in [-0.25, -0.2) is 0 Å². The molecule has 5 rings (SSSR count). The Morgan fingerprint density at radius 1 is 1.10 bits per heavy atom. The number of carbonyl (C=O) groups is 1. The molecular formula is C24H25NO4. The van der Waals surface area contributed by atoms with Gasteiger partial charge in [0, 0.05) is 19.0 Å².